The van der Waals surface area contributed by atoms with Gasteiger partial charge >= 0.3 is 0 Å². The van der Waals surface area contributed by atoms with Crippen LogP contribution in [0.5, 0.6) is 0 Å². The number of rotatable bonds is 6. The van der Waals surface area contributed by atoms with Gasteiger partial charge in [-0.1, -0.05) is 17.7 Å². The molecule has 2 aromatic rings. The van der Waals surface area contributed by atoms with E-state index in [9.17, 15) is 18.0 Å². The topological polar surface area (TPSA) is 86.8 Å². The molecule has 1 N–H and O–H groups in total. The molecule has 0 atom stereocenters. The number of amides is 2. The number of nitrogens with one attached hydrogen (secondary N) is 1. The van der Waals surface area contributed by atoms with Gasteiger partial charge in [0, 0.05) is 29.4 Å². The monoisotopic (exact) mass is 449 g/mol. The zero-order chi connectivity index (χ0) is 22.1. The molecule has 1 heterocycles. The maximum Gasteiger partial charge on any atom is 0.245 e. The Morgan fingerprint density at radius 3 is 2.47 bits per heavy atom. The van der Waals surface area contributed by atoms with Crippen LogP contribution in [0.15, 0.2) is 36.4 Å². The molecule has 0 radical (unpaired) electrons. The van der Waals surface area contributed by atoms with E-state index in [1.807, 2.05) is 13.8 Å². The van der Waals surface area contributed by atoms with Crippen LogP contribution in [-0.4, -0.2) is 39.6 Å². The van der Waals surface area contributed by atoms with Crippen molar-refractivity contribution in [1.29, 1.82) is 0 Å². The summed E-state index contributed by atoms with van der Waals surface area (Å²) in [6.45, 7) is 3.98. The summed E-state index contributed by atoms with van der Waals surface area (Å²) in [4.78, 5) is 26.3. The number of hydrogen-bond acceptors (Lipinski definition) is 4. The van der Waals surface area contributed by atoms with E-state index in [1.165, 1.54) is 6.07 Å². The number of nitrogens with zero attached hydrogens (tertiary/aromatic N) is 2. The van der Waals surface area contributed by atoms with E-state index in [4.69, 9.17) is 11.6 Å². The molecular formula is C21H24ClN3O4S. The zero-order valence-corrected chi connectivity index (χ0v) is 18.7. The highest BCUT2D eigenvalue weighted by molar-refractivity contribution is 7.92. The Balaban J connectivity index is 1.76. The smallest absolute Gasteiger partial charge is 0.245 e. The largest absolute Gasteiger partial charge is 0.325 e. The molecule has 1 aliphatic heterocycles. The first kappa shape index (κ1) is 22.1. The van der Waals surface area contributed by atoms with E-state index >= 15 is 0 Å². The molecule has 1 saturated heterocycles. The molecule has 0 aliphatic carbocycles. The fraction of sp³-hybridized carbons (Fsp3) is 0.333. The first-order chi connectivity index (χ1) is 14.1. The highest BCUT2D eigenvalue weighted by Gasteiger charge is 2.24. The van der Waals surface area contributed by atoms with Crippen molar-refractivity contribution in [2.45, 2.75) is 26.7 Å². The molecule has 160 valence electrons. The molecule has 1 aliphatic rings. The third-order valence-electron chi connectivity index (χ3n) is 4.98. The highest BCUT2D eigenvalue weighted by Crippen LogP contribution is 2.28. The Morgan fingerprint density at radius 2 is 1.90 bits per heavy atom. The normalized spacial score (nSPS) is 14.1. The van der Waals surface area contributed by atoms with Crippen LogP contribution < -0.4 is 14.5 Å². The van der Waals surface area contributed by atoms with Crippen molar-refractivity contribution in [3.05, 3.63) is 52.5 Å². The van der Waals surface area contributed by atoms with Gasteiger partial charge in [0.2, 0.25) is 21.8 Å². The molecular weight excluding hydrogens is 426 g/mol. The second kappa shape index (κ2) is 8.65. The van der Waals surface area contributed by atoms with E-state index in [2.05, 4.69) is 5.32 Å². The number of carbonyl (C=O) groups is 2. The molecule has 0 unspecified atom stereocenters. The zero-order valence-electron chi connectivity index (χ0n) is 17.1. The van der Waals surface area contributed by atoms with Gasteiger partial charge in [-0.2, -0.15) is 0 Å². The first-order valence-corrected chi connectivity index (χ1v) is 11.7. The van der Waals surface area contributed by atoms with Crippen LogP contribution in [-0.2, 0) is 19.6 Å². The van der Waals surface area contributed by atoms with Gasteiger partial charge in [0.1, 0.15) is 6.54 Å². The van der Waals surface area contributed by atoms with Crippen molar-refractivity contribution in [2.75, 3.05) is 33.9 Å². The minimum atomic E-state index is -3.70. The Morgan fingerprint density at radius 1 is 1.17 bits per heavy atom. The van der Waals surface area contributed by atoms with Crippen molar-refractivity contribution in [2.24, 2.45) is 0 Å². The van der Waals surface area contributed by atoms with Crippen LogP contribution in [0, 0.1) is 13.8 Å². The lowest BCUT2D eigenvalue weighted by Crippen LogP contribution is -2.37. The third kappa shape index (κ3) is 4.94. The fourth-order valence-electron chi connectivity index (χ4n) is 3.41. The quantitative estimate of drug-likeness (QED) is 0.731. The van der Waals surface area contributed by atoms with Crippen LogP contribution in [0.1, 0.15) is 24.0 Å². The molecule has 7 nitrogen and oxygen atoms in total. The lowest BCUT2D eigenvalue weighted by Gasteiger charge is -2.23. The molecule has 9 heteroatoms. The van der Waals surface area contributed by atoms with Crippen molar-refractivity contribution >= 4 is 50.5 Å². The molecule has 0 saturated carbocycles. The summed E-state index contributed by atoms with van der Waals surface area (Å²) in [5.74, 6) is -0.392. The van der Waals surface area contributed by atoms with Gasteiger partial charge in [-0.05, 0) is 61.7 Å². The van der Waals surface area contributed by atoms with Crippen molar-refractivity contribution in [3.8, 4) is 0 Å². The average Bonchev–Trinajstić information content (AvgIpc) is 3.07. The molecule has 1 fully saturated rings. The number of hydrogen-bond donors (Lipinski definition) is 1. The van der Waals surface area contributed by atoms with Gasteiger partial charge in [-0.15, -0.1) is 0 Å². The summed E-state index contributed by atoms with van der Waals surface area (Å²) in [6.07, 6.45) is 2.42. The van der Waals surface area contributed by atoms with Crippen molar-refractivity contribution in [3.63, 3.8) is 0 Å². The number of aryl methyl sites for hydroxylation is 2. The summed E-state index contributed by atoms with van der Waals surface area (Å²) in [6, 6.07) is 10.1. The summed E-state index contributed by atoms with van der Waals surface area (Å²) in [7, 11) is -3.70. The van der Waals surface area contributed by atoms with Gasteiger partial charge in [0.05, 0.1) is 11.9 Å². The Bertz CT molecular complexity index is 1100. The van der Waals surface area contributed by atoms with Gasteiger partial charge < -0.3 is 10.2 Å². The predicted octanol–water partition coefficient (Wildman–Crippen LogP) is 3.49. The average molecular weight is 450 g/mol. The molecule has 3 rings (SSSR count). The Hall–Kier alpha value is -2.58. The number of carbonyl (C=O) groups excluding carboxylic acids is 2. The van der Waals surface area contributed by atoms with Crippen LogP contribution in [0.2, 0.25) is 5.02 Å². The maximum atomic E-state index is 12.6. The third-order valence-corrected chi connectivity index (χ3v) is 6.52. The molecule has 0 aromatic heterocycles. The number of benzene rings is 2. The second-order valence-corrected chi connectivity index (χ2v) is 9.72. The first-order valence-electron chi connectivity index (χ1n) is 9.51. The molecule has 2 amide bonds. The molecule has 0 bridgehead atoms. The van der Waals surface area contributed by atoms with Crippen LogP contribution in [0.3, 0.4) is 0 Å². The van der Waals surface area contributed by atoms with Gasteiger partial charge in [0.25, 0.3) is 0 Å². The lowest BCUT2D eigenvalue weighted by molar-refractivity contribution is -0.117. The summed E-state index contributed by atoms with van der Waals surface area (Å²) in [5, 5.41) is 3.15. The van der Waals surface area contributed by atoms with Crippen LogP contribution >= 0.6 is 11.6 Å². The van der Waals surface area contributed by atoms with E-state index in [-0.39, 0.29) is 12.5 Å². The van der Waals surface area contributed by atoms with Gasteiger partial charge in [-0.3, -0.25) is 13.9 Å². The van der Waals surface area contributed by atoms with E-state index in [0.29, 0.717) is 29.4 Å². The van der Waals surface area contributed by atoms with E-state index in [1.54, 1.807) is 35.2 Å². The van der Waals surface area contributed by atoms with Gasteiger partial charge in [0.15, 0.2) is 0 Å². The summed E-state index contributed by atoms with van der Waals surface area (Å²) >= 11 is 6.12. The standard InChI is InChI=1S/C21H24ClN3O4S/c1-14-6-8-17(12-18(14)22)25(30(3,28)29)13-20(26)23-16-7-9-19(15(2)11-16)24-10-4-5-21(24)27/h6-9,11-12H,4-5,10,13H2,1-3H3,(H,23,26). The van der Waals surface area contributed by atoms with Crippen LogP contribution in [0.4, 0.5) is 17.1 Å². The summed E-state index contributed by atoms with van der Waals surface area (Å²) in [5.41, 5.74) is 3.34. The van der Waals surface area contributed by atoms with E-state index in [0.717, 1.165) is 33.8 Å². The second-order valence-electron chi connectivity index (χ2n) is 7.40. The number of halogens is 1. The maximum absolute atomic E-state index is 12.6. The van der Waals surface area contributed by atoms with Crippen LogP contribution in [0.25, 0.3) is 0 Å². The summed E-state index contributed by atoms with van der Waals surface area (Å²) < 4.78 is 25.5. The number of anilines is 3. The molecule has 2 aromatic carbocycles. The van der Waals surface area contributed by atoms with Crippen molar-refractivity contribution in [1.82, 2.24) is 0 Å². The predicted molar refractivity (Wildman–Crippen MR) is 120 cm³/mol. The number of sulfonamides is 1. The SMILES string of the molecule is Cc1ccc(N(CC(=O)Nc2ccc(N3CCCC3=O)c(C)c2)S(C)(=O)=O)cc1Cl. The highest BCUT2D eigenvalue weighted by atomic mass is 35.5. The Labute approximate surface area is 181 Å². The minimum absolute atomic E-state index is 0.0930. The lowest BCUT2D eigenvalue weighted by atomic mass is 10.1. The van der Waals surface area contributed by atoms with E-state index < -0.39 is 15.9 Å². The Kier molecular flexibility index (Phi) is 6.38. The fourth-order valence-corrected chi connectivity index (χ4v) is 4.43. The molecule has 0 spiro atoms. The van der Waals surface area contributed by atoms with Crippen molar-refractivity contribution < 1.29 is 18.0 Å². The molecule has 30 heavy (non-hydrogen) atoms. The van der Waals surface area contributed by atoms with Gasteiger partial charge in [-0.25, -0.2) is 8.42 Å². The minimum Gasteiger partial charge on any atom is -0.325 e.